The van der Waals surface area contributed by atoms with Crippen LogP contribution in [0.2, 0.25) is 0 Å². The second-order valence-electron chi connectivity index (χ2n) is 6.06. The molecule has 0 bridgehead atoms. The summed E-state index contributed by atoms with van der Waals surface area (Å²) in [5, 5.41) is 14.2. The van der Waals surface area contributed by atoms with Crippen LogP contribution in [0.3, 0.4) is 0 Å². The highest BCUT2D eigenvalue weighted by atomic mass is 19.4. The second-order valence-corrected chi connectivity index (χ2v) is 6.06. The van der Waals surface area contributed by atoms with Gasteiger partial charge >= 0.3 is 6.18 Å². The standard InChI is InChI=1S/C14H26F3N3O2/c1-10(21)8-20-5-3-12(4-6-20)7-18-11(2)13(22)19-9-14(15,16)17/h10-12,18,21H,3-9H2,1-2H3,(H,19,22)/t10-,11+/m0/s1. The summed E-state index contributed by atoms with van der Waals surface area (Å²) in [5.74, 6) is -0.230. The number of hydrogen-bond acceptors (Lipinski definition) is 4. The fourth-order valence-electron chi connectivity index (χ4n) is 2.52. The van der Waals surface area contributed by atoms with Crippen LogP contribution in [0.25, 0.3) is 0 Å². The molecule has 0 aromatic heterocycles. The Morgan fingerprint density at radius 3 is 2.41 bits per heavy atom. The molecule has 0 unspecified atom stereocenters. The van der Waals surface area contributed by atoms with Crippen LogP contribution in [0.1, 0.15) is 26.7 Å². The molecule has 1 fully saturated rings. The Hall–Kier alpha value is -0.860. The van der Waals surface area contributed by atoms with E-state index < -0.39 is 24.7 Å². The highest BCUT2D eigenvalue weighted by Crippen LogP contribution is 2.16. The summed E-state index contributed by atoms with van der Waals surface area (Å²) in [4.78, 5) is 13.7. The number of nitrogens with one attached hydrogen (secondary N) is 2. The third-order valence-corrected chi connectivity index (χ3v) is 3.80. The molecule has 1 saturated heterocycles. The molecule has 0 aromatic rings. The lowest BCUT2D eigenvalue weighted by molar-refractivity contribution is -0.139. The summed E-state index contributed by atoms with van der Waals surface area (Å²) in [5.41, 5.74) is 0. The van der Waals surface area contributed by atoms with E-state index in [0.29, 0.717) is 19.0 Å². The Labute approximate surface area is 129 Å². The minimum Gasteiger partial charge on any atom is -0.392 e. The summed E-state index contributed by atoms with van der Waals surface area (Å²) in [6.45, 7) is 5.09. The number of nitrogens with zero attached hydrogens (tertiary/aromatic N) is 1. The molecule has 0 spiro atoms. The van der Waals surface area contributed by atoms with Crippen molar-refractivity contribution < 1.29 is 23.1 Å². The average Bonchev–Trinajstić information content (AvgIpc) is 2.42. The predicted octanol–water partition coefficient (Wildman–Crippen LogP) is 0.736. The smallest absolute Gasteiger partial charge is 0.392 e. The van der Waals surface area contributed by atoms with Crippen molar-refractivity contribution in [1.82, 2.24) is 15.5 Å². The van der Waals surface area contributed by atoms with Gasteiger partial charge in [-0.1, -0.05) is 0 Å². The molecule has 1 heterocycles. The number of carbonyl (C=O) groups is 1. The van der Waals surface area contributed by atoms with Crippen molar-refractivity contribution in [1.29, 1.82) is 0 Å². The molecule has 1 amide bonds. The van der Waals surface area contributed by atoms with E-state index in [1.54, 1.807) is 13.8 Å². The van der Waals surface area contributed by atoms with E-state index in [1.807, 2.05) is 5.32 Å². The van der Waals surface area contributed by atoms with Crippen LogP contribution in [-0.2, 0) is 4.79 Å². The first-order valence-electron chi connectivity index (χ1n) is 7.65. The zero-order valence-electron chi connectivity index (χ0n) is 13.1. The van der Waals surface area contributed by atoms with Gasteiger partial charge in [0, 0.05) is 6.54 Å². The van der Waals surface area contributed by atoms with Gasteiger partial charge in [-0.05, 0) is 52.2 Å². The van der Waals surface area contributed by atoms with Gasteiger partial charge in [-0.25, -0.2) is 0 Å². The third kappa shape index (κ3) is 7.95. The Bertz CT molecular complexity index is 343. The van der Waals surface area contributed by atoms with Crippen LogP contribution >= 0.6 is 0 Å². The minimum absolute atomic E-state index is 0.341. The lowest BCUT2D eigenvalue weighted by Crippen LogP contribution is -2.47. The van der Waals surface area contributed by atoms with Crippen LogP contribution in [0.5, 0.6) is 0 Å². The van der Waals surface area contributed by atoms with Crippen molar-refractivity contribution in [2.75, 3.05) is 32.7 Å². The van der Waals surface area contributed by atoms with Crippen molar-refractivity contribution in [3.63, 3.8) is 0 Å². The molecule has 0 radical (unpaired) electrons. The van der Waals surface area contributed by atoms with Crippen LogP contribution < -0.4 is 10.6 Å². The minimum atomic E-state index is -4.38. The van der Waals surface area contributed by atoms with Gasteiger partial charge in [0.25, 0.3) is 0 Å². The lowest BCUT2D eigenvalue weighted by atomic mass is 9.96. The molecule has 1 aliphatic rings. The molecule has 130 valence electrons. The van der Waals surface area contributed by atoms with Crippen molar-refractivity contribution >= 4 is 5.91 Å². The van der Waals surface area contributed by atoms with Crippen molar-refractivity contribution in [2.45, 2.75) is 45.0 Å². The molecular formula is C14H26F3N3O2. The zero-order valence-corrected chi connectivity index (χ0v) is 13.1. The zero-order chi connectivity index (χ0) is 16.8. The largest absolute Gasteiger partial charge is 0.405 e. The van der Waals surface area contributed by atoms with E-state index in [1.165, 1.54) is 0 Å². The molecule has 2 atom stereocenters. The molecule has 1 rings (SSSR count). The topological polar surface area (TPSA) is 64.6 Å². The number of likely N-dealkylation sites (tertiary alicyclic amines) is 1. The van der Waals surface area contributed by atoms with Gasteiger partial charge in [-0.3, -0.25) is 4.79 Å². The summed E-state index contributed by atoms with van der Waals surface area (Å²) in [6.07, 6.45) is -2.81. The fourth-order valence-corrected chi connectivity index (χ4v) is 2.52. The highest BCUT2D eigenvalue weighted by molar-refractivity contribution is 5.81. The average molecular weight is 325 g/mol. The number of carbonyl (C=O) groups excluding carboxylic acids is 1. The van der Waals surface area contributed by atoms with E-state index in [4.69, 9.17) is 0 Å². The molecule has 8 heteroatoms. The van der Waals surface area contributed by atoms with Crippen molar-refractivity contribution in [3.05, 3.63) is 0 Å². The third-order valence-electron chi connectivity index (χ3n) is 3.80. The Morgan fingerprint density at radius 2 is 1.91 bits per heavy atom. The van der Waals surface area contributed by atoms with Gasteiger partial charge in [0.2, 0.25) is 5.91 Å². The SMILES string of the molecule is C[C@H](O)CN1CCC(CN[C@H](C)C(=O)NCC(F)(F)F)CC1. The first kappa shape index (κ1) is 19.2. The van der Waals surface area contributed by atoms with Crippen LogP contribution in [0.15, 0.2) is 0 Å². The molecule has 1 aliphatic heterocycles. The highest BCUT2D eigenvalue weighted by Gasteiger charge is 2.29. The van der Waals surface area contributed by atoms with Gasteiger partial charge < -0.3 is 20.6 Å². The van der Waals surface area contributed by atoms with Gasteiger partial charge in [0.05, 0.1) is 12.1 Å². The van der Waals surface area contributed by atoms with E-state index in [-0.39, 0.29) is 6.10 Å². The molecule has 22 heavy (non-hydrogen) atoms. The molecule has 3 N–H and O–H groups in total. The predicted molar refractivity (Wildman–Crippen MR) is 77.4 cm³/mol. The van der Waals surface area contributed by atoms with Gasteiger partial charge in [-0.15, -0.1) is 0 Å². The number of hydrogen-bond donors (Lipinski definition) is 3. The Balaban J connectivity index is 2.19. The molecular weight excluding hydrogens is 299 g/mol. The number of rotatable bonds is 7. The van der Waals surface area contributed by atoms with Gasteiger partial charge in [-0.2, -0.15) is 13.2 Å². The lowest BCUT2D eigenvalue weighted by Gasteiger charge is -2.33. The second kappa shape index (κ2) is 8.69. The van der Waals surface area contributed by atoms with Crippen molar-refractivity contribution in [2.24, 2.45) is 5.92 Å². The maximum absolute atomic E-state index is 12.0. The number of aliphatic hydroxyl groups is 1. The molecule has 5 nitrogen and oxygen atoms in total. The summed E-state index contributed by atoms with van der Waals surface area (Å²) >= 11 is 0. The summed E-state index contributed by atoms with van der Waals surface area (Å²) in [6, 6.07) is -0.641. The quantitative estimate of drug-likeness (QED) is 0.646. The molecule has 0 aromatic carbocycles. The number of halogens is 3. The summed E-state index contributed by atoms with van der Waals surface area (Å²) < 4.78 is 36.1. The van der Waals surface area contributed by atoms with E-state index in [9.17, 15) is 23.1 Å². The van der Waals surface area contributed by atoms with Crippen LogP contribution in [0, 0.1) is 5.92 Å². The maximum atomic E-state index is 12.0. The van der Waals surface area contributed by atoms with Crippen molar-refractivity contribution in [3.8, 4) is 0 Å². The number of aliphatic hydroxyl groups excluding tert-OH is 1. The van der Waals surface area contributed by atoms with Gasteiger partial charge in [0.1, 0.15) is 6.54 Å². The number of piperidine rings is 1. The Kier molecular flexibility index (Phi) is 7.58. The normalized spacial score (nSPS) is 20.6. The number of alkyl halides is 3. The Morgan fingerprint density at radius 1 is 1.32 bits per heavy atom. The maximum Gasteiger partial charge on any atom is 0.405 e. The fraction of sp³-hybridized carbons (Fsp3) is 0.929. The van der Waals surface area contributed by atoms with Gasteiger partial charge in [0.15, 0.2) is 0 Å². The molecule has 0 saturated carbocycles. The number of amides is 1. The van der Waals surface area contributed by atoms with Crippen LogP contribution in [0.4, 0.5) is 13.2 Å². The first-order chi connectivity index (χ1) is 10.2. The van der Waals surface area contributed by atoms with E-state index in [2.05, 4.69) is 10.2 Å². The van der Waals surface area contributed by atoms with E-state index in [0.717, 1.165) is 25.9 Å². The molecule has 0 aliphatic carbocycles. The first-order valence-corrected chi connectivity index (χ1v) is 7.65. The number of β-amino-alcohol motifs (C(OH)–C–C–N with tert-alkyl or cyclic N) is 1. The van der Waals surface area contributed by atoms with Crippen LogP contribution in [-0.4, -0.2) is 67.0 Å². The monoisotopic (exact) mass is 325 g/mol. The summed E-state index contributed by atoms with van der Waals surface area (Å²) in [7, 11) is 0. The van der Waals surface area contributed by atoms with E-state index >= 15 is 0 Å².